The summed E-state index contributed by atoms with van der Waals surface area (Å²) in [5, 5.41) is 13.8. The summed E-state index contributed by atoms with van der Waals surface area (Å²) in [4.78, 5) is 28.3. The largest absolute Gasteiger partial charge is 0.433 e. The lowest BCUT2D eigenvalue weighted by Crippen LogP contribution is -2.27. The molecule has 3 unspecified atom stereocenters. The molecule has 0 radical (unpaired) electrons. The Morgan fingerprint density at radius 1 is 1.18 bits per heavy atom. The molecule has 8 nitrogen and oxygen atoms in total. The van der Waals surface area contributed by atoms with Crippen molar-refractivity contribution in [1.82, 2.24) is 29.7 Å². The van der Waals surface area contributed by atoms with Gasteiger partial charge in [-0.15, -0.1) is 0 Å². The number of H-pyrrole nitrogens is 1. The number of fused-ring (bicyclic) bond motifs is 1. The first-order valence-electron chi connectivity index (χ1n) is 10.6. The van der Waals surface area contributed by atoms with E-state index in [1.165, 1.54) is 10.7 Å². The van der Waals surface area contributed by atoms with Gasteiger partial charge in [-0.2, -0.15) is 23.5 Å². The molecular weight excluding hydrogens is 447 g/mol. The molecule has 0 bridgehead atoms. The van der Waals surface area contributed by atoms with Crippen molar-refractivity contribution in [3.05, 3.63) is 81.5 Å². The topological polar surface area (TPSA) is 113 Å². The molecule has 34 heavy (non-hydrogen) atoms. The van der Waals surface area contributed by atoms with Gasteiger partial charge in [0.1, 0.15) is 23.0 Å². The molecule has 5 rings (SSSR count). The van der Waals surface area contributed by atoms with Gasteiger partial charge in [0.15, 0.2) is 11.3 Å². The Hall–Kier alpha value is -4.07. The van der Waals surface area contributed by atoms with Gasteiger partial charge >= 0.3 is 6.18 Å². The molecule has 3 atom stereocenters. The summed E-state index contributed by atoms with van der Waals surface area (Å²) in [5.74, 6) is 0.525. The molecule has 1 N–H and O–H groups in total. The molecule has 0 amide bonds. The predicted octanol–water partition coefficient (Wildman–Crippen LogP) is 4.07. The second kappa shape index (κ2) is 8.06. The zero-order valence-electron chi connectivity index (χ0n) is 17.9. The lowest BCUT2D eigenvalue weighted by Gasteiger charge is -2.35. The molecule has 4 aromatic rings. The lowest BCUT2D eigenvalue weighted by atomic mass is 9.71. The Balaban J connectivity index is 1.57. The average molecular weight is 465 g/mol. The van der Waals surface area contributed by atoms with E-state index in [1.54, 1.807) is 13.1 Å². The van der Waals surface area contributed by atoms with E-state index in [9.17, 15) is 23.2 Å². The normalized spacial score (nSPS) is 18.9. The lowest BCUT2D eigenvalue weighted by molar-refractivity contribution is -0.141. The Bertz CT molecular complexity index is 1450. The maximum atomic E-state index is 12.9. The number of aromatic nitrogens is 6. The summed E-state index contributed by atoms with van der Waals surface area (Å²) in [7, 11) is 0. The molecule has 1 aliphatic rings. The van der Waals surface area contributed by atoms with E-state index < -0.39 is 23.5 Å². The van der Waals surface area contributed by atoms with Gasteiger partial charge in [0.05, 0.1) is 6.04 Å². The number of alkyl halides is 3. The predicted molar refractivity (Wildman–Crippen MR) is 115 cm³/mol. The summed E-state index contributed by atoms with van der Waals surface area (Å²) < 4.78 is 40.1. The van der Waals surface area contributed by atoms with Crippen LogP contribution in [0.2, 0.25) is 0 Å². The van der Waals surface area contributed by atoms with Crippen LogP contribution in [0.25, 0.3) is 11.0 Å². The van der Waals surface area contributed by atoms with Crippen molar-refractivity contribution in [3.8, 4) is 6.07 Å². The van der Waals surface area contributed by atoms with Crippen molar-refractivity contribution in [3.63, 3.8) is 0 Å². The number of hydrogen-bond donors (Lipinski definition) is 1. The minimum Gasteiger partial charge on any atom is -0.310 e. The number of aromatic amines is 1. The third-order valence-corrected chi connectivity index (χ3v) is 6.31. The number of nitrogens with zero attached hydrogens (tertiary/aromatic N) is 6. The average Bonchev–Trinajstić information content (AvgIpc) is 3.17. The maximum Gasteiger partial charge on any atom is 0.433 e. The third-order valence-electron chi connectivity index (χ3n) is 6.31. The highest BCUT2D eigenvalue weighted by Crippen LogP contribution is 2.47. The molecule has 172 valence electrons. The first-order valence-corrected chi connectivity index (χ1v) is 10.6. The highest BCUT2D eigenvalue weighted by atomic mass is 19.4. The SMILES string of the molecule is CC(c1ccc(C(F)(F)F)nc1)n1nc(C#N)c2c(=O)[nH]c(C3CCC3c3ccccn3)nc21. The maximum absolute atomic E-state index is 12.9. The van der Waals surface area contributed by atoms with Gasteiger partial charge in [-0.1, -0.05) is 12.1 Å². The minimum atomic E-state index is -4.55. The summed E-state index contributed by atoms with van der Waals surface area (Å²) in [6, 6.07) is 9.17. The Kier molecular flexibility index (Phi) is 5.16. The monoisotopic (exact) mass is 465 g/mol. The molecule has 4 heterocycles. The van der Waals surface area contributed by atoms with Gasteiger partial charge in [-0.05, 0) is 43.5 Å². The number of nitrogens with one attached hydrogen (secondary N) is 1. The third kappa shape index (κ3) is 3.61. The van der Waals surface area contributed by atoms with E-state index in [2.05, 4.69) is 25.0 Å². The van der Waals surface area contributed by atoms with Crippen molar-refractivity contribution in [2.75, 3.05) is 0 Å². The van der Waals surface area contributed by atoms with Gasteiger partial charge in [0, 0.05) is 29.9 Å². The highest BCUT2D eigenvalue weighted by Gasteiger charge is 2.37. The molecule has 1 saturated carbocycles. The van der Waals surface area contributed by atoms with Crippen LogP contribution in [0.3, 0.4) is 0 Å². The Morgan fingerprint density at radius 2 is 1.97 bits per heavy atom. The molecular formula is C23H18F3N7O. The van der Waals surface area contributed by atoms with Crippen LogP contribution in [-0.2, 0) is 6.18 Å². The Labute approximate surface area is 191 Å². The summed E-state index contributed by atoms with van der Waals surface area (Å²) in [6.45, 7) is 1.69. The number of hydrogen-bond acceptors (Lipinski definition) is 6. The zero-order valence-corrected chi connectivity index (χ0v) is 17.9. The van der Waals surface area contributed by atoms with E-state index >= 15 is 0 Å². The van der Waals surface area contributed by atoms with Gasteiger partial charge in [0.25, 0.3) is 5.56 Å². The molecule has 0 aromatic carbocycles. The van der Waals surface area contributed by atoms with Crippen molar-refractivity contribution < 1.29 is 13.2 Å². The smallest absolute Gasteiger partial charge is 0.310 e. The van der Waals surface area contributed by atoms with Crippen LogP contribution in [0, 0.1) is 11.3 Å². The van der Waals surface area contributed by atoms with E-state index in [4.69, 9.17) is 0 Å². The fraction of sp³-hybridized carbons (Fsp3) is 0.304. The summed E-state index contributed by atoms with van der Waals surface area (Å²) in [5.41, 5.74) is -0.0372. The van der Waals surface area contributed by atoms with Crippen LogP contribution in [-0.4, -0.2) is 29.7 Å². The second-order valence-corrected chi connectivity index (χ2v) is 8.25. The second-order valence-electron chi connectivity index (χ2n) is 8.25. The fourth-order valence-corrected chi connectivity index (χ4v) is 4.32. The van der Waals surface area contributed by atoms with Crippen molar-refractivity contribution in [2.24, 2.45) is 0 Å². The van der Waals surface area contributed by atoms with Gasteiger partial charge in [0.2, 0.25) is 0 Å². The molecule has 4 aromatic heterocycles. The van der Waals surface area contributed by atoms with Crippen molar-refractivity contribution >= 4 is 11.0 Å². The number of pyridine rings is 2. The van der Waals surface area contributed by atoms with E-state index in [1.807, 2.05) is 24.3 Å². The van der Waals surface area contributed by atoms with Crippen LogP contribution >= 0.6 is 0 Å². The Morgan fingerprint density at radius 3 is 2.56 bits per heavy atom. The van der Waals surface area contributed by atoms with E-state index in [0.717, 1.165) is 30.8 Å². The van der Waals surface area contributed by atoms with Crippen LogP contribution in [0.1, 0.15) is 66.1 Å². The molecule has 1 aliphatic carbocycles. The molecule has 11 heteroatoms. The van der Waals surface area contributed by atoms with Crippen LogP contribution in [0.15, 0.2) is 47.5 Å². The molecule has 0 saturated heterocycles. The fourth-order valence-electron chi connectivity index (χ4n) is 4.32. The van der Waals surface area contributed by atoms with Crippen LogP contribution in [0.4, 0.5) is 13.2 Å². The van der Waals surface area contributed by atoms with E-state index in [-0.39, 0.29) is 28.6 Å². The standard InChI is InChI=1S/C23H18F3N7O/c1-12(13-5-8-18(29-11-13)23(24,25)26)33-21-19(17(10-27)32-33)22(34)31-20(30-21)15-7-6-14(15)16-4-2-3-9-28-16/h2-5,8-9,11-12,14-15H,6-7H2,1H3,(H,30,31,34). The van der Waals surface area contributed by atoms with Crippen LogP contribution < -0.4 is 5.56 Å². The quantitative estimate of drug-likeness (QED) is 0.486. The molecule has 0 aliphatic heterocycles. The van der Waals surface area contributed by atoms with Crippen molar-refractivity contribution in [2.45, 2.75) is 43.8 Å². The highest BCUT2D eigenvalue weighted by molar-refractivity contribution is 5.80. The molecule has 1 fully saturated rings. The number of halogens is 3. The van der Waals surface area contributed by atoms with Crippen LogP contribution in [0.5, 0.6) is 0 Å². The zero-order chi connectivity index (χ0) is 24.0. The summed E-state index contributed by atoms with van der Waals surface area (Å²) in [6.07, 6.45) is 0.000178. The summed E-state index contributed by atoms with van der Waals surface area (Å²) >= 11 is 0. The van der Waals surface area contributed by atoms with Crippen molar-refractivity contribution in [1.29, 1.82) is 5.26 Å². The first kappa shape index (κ1) is 21.8. The number of rotatable bonds is 4. The van der Waals surface area contributed by atoms with Gasteiger partial charge in [-0.25, -0.2) is 9.67 Å². The van der Waals surface area contributed by atoms with Gasteiger partial charge in [-0.3, -0.25) is 14.8 Å². The minimum absolute atomic E-state index is 0.0479. The molecule has 0 spiro atoms. The van der Waals surface area contributed by atoms with E-state index in [0.29, 0.717) is 11.4 Å². The first-order chi connectivity index (χ1) is 16.3. The number of nitriles is 1. The van der Waals surface area contributed by atoms with Gasteiger partial charge < -0.3 is 4.98 Å².